The van der Waals surface area contributed by atoms with Crippen LogP contribution < -0.4 is 5.32 Å². The molecule has 0 spiro atoms. The minimum absolute atomic E-state index is 0.618. The van der Waals surface area contributed by atoms with Gasteiger partial charge in [0.15, 0.2) is 0 Å². The molecule has 106 valence electrons. The molecule has 0 radical (unpaired) electrons. The Bertz CT molecular complexity index is 378. The summed E-state index contributed by atoms with van der Waals surface area (Å²) in [6, 6.07) is 5.56. The number of pyridine rings is 1. The maximum atomic E-state index is 4.57. The number of likely N-dealkylation sites (N-methyl/N-ethyl adjacent to an activating group) is 1. The lowest BCUT2D eigenvalue weighted by molar-refractivity contribution is 0.0549. The van der Waals surface area contributed by atoms with Crippen LogP contribution in [0, 0.1) is 0 Å². The van der Waals surface area contributed by atoms with Gasteiger partial charge in [0.25, 0.3) is 0 Å². The number of piperazine rings is 1. The third-order valence-corrected chi connectivity index (χ3v) is 4.09. The van der Waals surface area contributed by atoms with Crippen molar-refractivity contribution in [2.45, 2.75) is 39.0 Å². The summed E-state index contributed by atoms with van der Waals surface area (Å²) in [6.07, 6.45) is 1.98. The van der Waals surface area contributed by atoms with E-state index in [9.17, 15) is 0 Å². The molecule has 0 aromatic carbocycles. The van der Waals surface area contributed by atoms with Crippen LogP contribution in [0.1, 0.15) is 25.1 Å². The molecular formula is C15H26N4. The molecule has 1 aliphatic heterocycles. The number of hydrogen-bond acceptors (Lipinski definition) is 4. The summed E-state index contributed by atoms with van der Waals surface area (Å²) in [5.41, 5.74) is 2.41. The Morgan fingerprint density at radius 1 is 1.26 bits per heavy atom. The summed E-state index contributed by atoms with van der Waals surface area (Å²) in [6.45, 7) is 8.69. The van der Waals surface area contributed by atoms with Gasteiger partial charge in [0.1, 0.15) is 0 Å². The standard InChI is InChI=1S/C15H26N4/c1-12-9-19(10-13(2)18(12)4)11-15-6-5-14(7-16-3)8-17-15/h5-6,8,12-13,16H,7,9-11H2,1-4H3. The van der Waals surface area contributed by atoms with Crippen LogP contribution in [-0.4, -0.2) is 54.1 Å². The maximum absolute atomic E-state index is 4.57. The van der Waals surface area contributed by atoms with Crippen molar-refractivity contribution >= 4 is 0 Å². The Kier molecular flexibility index (Phi) is 4.91. The third kappa shape index (κ3) is 3.75. The zero-order valence-electron chi connectivity index (χ0n) is 12.6. The van der Waals surface area contributed by atoms with Gasteiger partial charge in [0.2, 0.25) is 0 Å². The van der Waals surface area contributed by atoms with E-state index in [2.05, 4.69) is 53.1 Å². The van der Waals surface area contributed by atoms with Crippen molar-refractivity contribution in [3.8, 4) is 0 Å². The van der Waals surface area contributed by atoms with E-state index in [0.717, 1.165) is 26.2 Å². The highest BCUT2D eigenvalue weighted by Gasteiger charge is 2.26. The van der Waals surface area contributed by atoms with Crippen LogP contribution in [0.15, 0.2) is 18.3 Å². The Morgan fingerprint density at radius 3 is 2.47 bits per heavy atom. The second-order valence-electron chi connectivity index (χ2n) is 5.75. The van der Waals surface area contributed by atoms with Crippen LogP contribution in [0.5, 0.6) is 0 Å². The molecular weight excluding hydrogens is 236 g/mol. The van der Waals surface area contributed by atoms with E-state index in [4.69, 9.17) is 0 Å². The Balaban J connectivity index is 1.93. The summed E-state index contributed by atoms with van der Waals surface area (Å²) >= 11 is 0. The van der Waals surface area contributed by atoms with Gasteiger partial charge in [-0.25, -0.2) is 0 Å². The van der Waals surface area contributed by atoms with Crippen molar-refractivity contribution in [1.29, 1.82) is 0 Å². The Labute approximate surface area is 116 Å². The Morgan fingerprint density at radius 2 is 1.95 bits per heavy atom. The summed E-state index contributed by atoms with van der Waals surface area (Å²) in [5, 5.41) is 3.15. The first-order chi connectivity index (χ1) is 9.10. The molecule has 2 unspecified atom stereocenters. The topological polar surface area (TPSA) is 31.4 Å². The van der Waals surface area contributed by atoms with Crippen molar-refractivity contribution < 1.29 is 0 Å². The summed E-state index contributed by atoms with van der Waals surface area (Å²) in [4.78, 5) is 9.53. The Hall–Kier alpha value is -0.970. The van der Waals surface area contributed by atoms with Crippen molar-refractivity contribution in [2.24, 2.45) is 0 Å². The van der Waals surface area contributed by atoms with Crippen molar-refractivity contribution in [2.75, 3.05) is 27.2 Å². The van der Waals surface area contributed by atoms with E-state index < -0.39 is 0 Å². The molecule has 0 aliphatic carbocycles. The number of hydrogen-bond donors (Lipinski definition) is 1. The van der Waals surface area contributed by atoms with Crippen LogP contribution in [0.4, 0.5) is 0 Å². The van der Waals surface area contributed by atoms with Crippen LogP contribution in [-0.2, 0) is 13.1 Å². The van der Waals surface area contributed by atoms with E-state index in [-0.39, 0.29) is 0 Å². The monoisotopic (exact) mass is 262 g/mol. The lowest BCUT2D eigenvalue weighted by Crippen LogP contribution is -2.54. The first-order valence-electron chi connectivity index (χ1n) is 7.13. The van der Waals surface area contributed by atoms with E-state index >= 15 is 0 Å². The number of nitrogens with zero attached hydrogens (tertiary/aromatic N) is 3. The predicted molar refractivity (Wildman–Crippen MR) is 79.0 cm³/mol. The zero-order valence-corrected chi connectivity index (χ0v) is 12.6. The van der Waals surface area contributed by atoms with Gasteiger partial charge < -0.3 is 5.32 Å². The molecule has 0 saturated carbocycles. The summed E-state index contributed by atoms with van der Waals surface area (Å²) in [7, 11) is 4.18. The van der Waals surface area contributed by atoms with E-state index in [0.29, 0.717) is 12.1 Å². The quantitative estimate of drug-likeness (QED) is 0.887. The number of nitrogens with one attached hydrogen (secondary N) is 1. The first kappa shape index (κ1) is 14.4. The maximum Gasteiger partial charge on any atom is 0.0544 e. The van der Waals surface area contributed by atoms with Gasteiger partial charge in [0.05, 0.1) is 5.69 Å². The highest BCUT2D eigenvalue weighted by Crippen LogP contribution is 2.15. The van der Waals surface area contributed by atoms with Crippen LogP contribution in [0.2, 0.25) is 0 Å². The predicted octanol–water partition coefficient (Wildman–Crippen LogP) is 1.33. The first-order valence-corrected chi connectivity index (χ1v) is 7.13. The largest absolute Gasteiger partial charge is 0.316 e. The molecule has 4 heteroatoms. The van der Waals surface area contributed by atoms with Crippen LogP contribution >= 0.6 is 0 Å². The van der Waals surface area contributed by atoms with E-state index in [1.807, 2.05) is 13.2 Å². The average Bonchev–Trinajstić information content (AvgIpc) is 2.38. The fourth-order valence-corrected chi connectivity index (χ4v) is 2.73. The van der Waals surface area contributed by atoms with Crippen LogP contribution in [0.25, 0.3) is 0 Å². The van der Waals surface area contributed by atoms with Gasteiger partial charge in [-0.2, -0.15) is 0 Å². The van der Waals surface area contributed by atoms with Crippen LogP contribution in [0.3, 0.4) is 0 Å². The molecule has 2 rings (SSSR count). The van der Waals surface area contributed by atoms with Gasteiger partial charge in [-0.15, -0.1) is 0 Å². The molecule has 1 fully saturated rings. The molecule has 1 aromatic rings. The van der Waals surface area contributed by atoms with Gasteiger partial charge in [0, 0.05) is 44.5 Å². The molecule has 1 N–H and O–H groups in total. The minimum atomic E-state index is 0.618. The van der Waals surface area contributed by atoms with Crippen molar-refractivity contribution in [3.63, 3.8) is 0 Å². The third-order valence-electron chi connectivity index (χ3n) is 4.09. The zero-order chi connectivity index (χ0) is 13.8. The average molecular weight is 262 g/mol. The van der Waals surface area contributed by atoms with Crippen molar-refractivity contribution in [1.82, 2.24) is 20.1 Å². The van der Waals surface area contributed by atoms with Gasteiger partial charge in [-0.3, -0.25) is 14.8 Å². The smallest absolute Gasteiger partial charge is 0.0544 e. The fraction of sp³-hybridized carbons (Fsp3) is 0.667. The lowest BCUT2D eigenvalue weighted by Gasteiger charge is -2.42. The highest BCUT2D eigenvalue weighted by atomic mass is 15.3. The molecule has 0 amide bonds. The van der Waals surface area contributed by atoms with Crippen molar-refractivity contribution in [3.05, 3.63) is 29.6 Å². The van der Waals surface area contributed by atoms with Gasteiger partial charge in [-0.05, 0) is 39.6 Å². The summed E-state index contributed by atoms with van der Waals surface area (Å²) < 4.78 is 0. The number of rotatable bonds is 4. The van der Waals surface area contributed by atoms with Gasteiger partial charge in [-0.1, -0.05) is 6.07 Å². The van der Waals surface area contributed by atoms with E-state index in [1.54, 1.807) is 0 Å². The molecule has 0 bridgehead atoms. The second-order valence-corrected chi connectivity index (χ2v) is 5.75. The number of aromatic nitrogens is 1. The molecule has 1 aromatic heterocycles. The lowest BCUT2D eigenvalue weighted by atomic mass is 10.1. The second kappa shape index (κ2) is 6.46. The minimum Gasteiger partial charge on any atom is -0.316 e. The molecule has 2 atom stereocenters. The molecule has 2 heterocycles. The normalized spacial score (nSPS) is 25.7. The molecule has 1 saturated heterocycles. The SMILES string of the molecule is CNCc1ccc(CN2CC(C)N(C)C(C)C2)nc1. The molecule has 1 aliphatic rings. The van der Waals surface area contributed by atoms with E-state index in [1.165, 1.54) is 11.3 Å². The van der Waals surface area contributed by atoms with Gasteiger partial charge >= 0.3 is 0 Å². The molecule has 19 heavy (non-hydrogen) atoms. The summed E-state index contributed by atoms with van der Waals surface area (Å²) in [5.74, 6) is 0. The highest BCUT2D eigenvalue weighted by molar-refractivity contribution is 5.14. The molecule has 4 nitrogen and oxygen atoms in total. The fourth-order valence-electron chi connectivity index (χ4n) is 2.73.